The van der Waals surface area contributed by atoms with E-state index >= 15 is 0 Å². The first kappa shape index (κ1) is 18.1. The molecule has 0 atom stereocenters. The van der Waals surface area contributed by atoms with Crippen LogP contribution in [0, 0.1) is 5.92 Å². The average molecular weight is 401 g/mol. The molecule has 0 saturated heterocycles. The van der Waals surface area contributed by atoms with Gasteiger partial charge in [0.05, 0.1) is 6.42 Å². The van der Waals surface area contributed by atoms with Crippen LogP contribution < -0.4 is 5.32 Å². The van der Waals surface area contributed by atoms with Gasteiger partial charge < -0.3 is 10.3 Å². The molecule has 1 aromatic heterocycles. The fourth-order valence-electron chi connectivity index (χ4n) is 5.50. The second kappa shape index (κ2) is 7.55. The summed E-state index contributed by atoms with van der Waals surface area (Å²) in [6, 6.07) is 13.7. The van der Waals surface area contributed by atoms with Crippen molar-refractivity contribution in [3.8, 4) is 0 Å². The van der Waals surface area contributed by atoms with Crippen LogP contribution in [0.4, 0.5) is 5.82 Å². The number of hydrogen-bond donors (Lipinski definition) is 2. The zero-order valence-corrected chi connectivity index (χ0v) is 17.5. The minimum atomic E-state index is 0.683. The predicted octanol–water partition coefficient (Wildman–Crippen LogP) is 4.27. The fourth-order valence-corrected chi connectivity index (χ4v) is 5.50. The SMILES string of the molecule is C1=Nc2[nH]ccc2C2=C(C3CCC(NCCCc4ccccc4)CC3)CC3=[N+](C3)N12. The van der Waals surface area contributed by atoms with E-state index in [9.17, 15) is 0 Å². The summed E-state index contributed by atoms with van der Waals surface area (Å²) in [7, 11) is 0. The zero-order chi connectivity index (χ0) is 19.9. The first-order chi connectivity index (χ1) is 14.9. The molecule has 0 spiro atoms. The number of fused-ring (bicyclic) bond motifs is 4. The number of allylic oxidation sites excluding steroid dienone is 1. The number of aromatic amines is 1. The molecule has 5 heteroatoms. The molecule has 4 aliphatic rings. The lowest BCUT2D eigenvalue weighted by Gasteiger charge is -2.33. The van der Waals surface area contributed by atoms with Crippen LogP contribution in [0.5, 0.6) is 0 Å². The maximum Gasteiger partial charge on any atom is 0.255 e. The highest BCUT2D eigenvalue weighted by atomic mass is 15.6. The highest BCUT2D eigenvalue weighted by Gasteiger charge is 2.49. The van der Waals surface area contributed by atoms with Crippen molar-refractivity contribution in [3.63, 3.8) is 0 Å². The van der Waals surface area contributed by atoms with Gasteiger partial charge in [0.2, 0.25) is 0 Å². The van der Waals surface area contributed by atoms with E-state index in [1.165, 1.54) is 55.3 Å². The lowest BCUT2D eigenvalue weighted by molar-refractivity contribution is -0.574. The molecule has 1 fully saturated rings. The summed E-state index contributed by atoms with van der Waals surface area (Å²) < 4.78 is 2.37. The minimum Gasteiger partial charge on any atom is -0.346 e. The summed E-state index contributed by atoms with van der Waals surface area (Å²) in [5.74, 6) is 1.71. The molecule has 0 amide bonds. The molecule has 0 radical (unpaired) electrons. The molecule has 154 valence electrons. The maximum absolute atomic E-state index is 4.62. The Balaban J connectivity index is 1.08. The summed E-state index contributed by atoms with van der Waals surface area (Å²) in [6.45, 7) is 2.22. The van der Waals surface area contributed by atoms with Gasteiger partial charge in [0.1, 0.15) is 11.5 Å². The van der Waals surface area contributed by atoms with Gasteiger partial charge in [-0.1, -0.05) is 35.0 Å². The van der Waals surface area contributed by atoms with E-state index in [1.807, 2.05) is 12.5 Å². The molecule has 2 aromatic rings. The standard InChI is InChI=1S/C25H30N5/c1-2-5-18(6-3-1)7-4-13-26-20-10-8-19(9-11-20)23-15-21-16-29(21)30-17-28-25-22(24(23)30)12-14-27-25/h1-3,5-6,12,14,17,19-20,26-27H,4,7-11,13,15-16H2/q+1. The van der Waals surface area contributed by atoms with E-state index in [0.29, 0.717) is 12.0 Å². The molecule has 6 rings (SSSR count). The van der Waals surface area contributed by atoms with Crippen LogP contribution in [0.1, 0.15) is 49.7 Å². The number of aryl methyl sites for hydroxylation is 1. The molecular formula is C25H30N5+. The lowest BCUT2D eigenvalue weighted by Crippen LogP contribution is -2.36. The summed E-state index contributed by atoms with van der Waals surface area (Å²) >= 11 is 0. The van der Waals surface area contributed by atoms with Crippen LogP contribution in [0.25, 0.3) is 5.70 Å². The number of aliphatic imine (C=N–C) groups is 1. The summed E-state index contributed by atoms with van der Waals surface area (Å²) in [5, 5.41) is 6.14. The third-order valence-corrected chi connectivity index (χ3v) is 7.20. The van der Waals surface area contributed by atoms with Crippen LogP contribution in [0.15, 0.2) is 53.2 Å². The quantitative estimate of drug-likeness (QED) is 0.562. The zero-order valence-electron chi connectivity index (χ0n) is 17.5. The van der Waals surface area contributed by atoms with Gasteiger partial charge >= 0.3 is 0 Å². The predicted molar refractivity (Wildman–Crippen MR) is 121 cm³/mol. The second-order valence-electron chi connectivity index (χ2n) is 9.10. The molecule has 4 heterocycles. The number of nitrogens with one attached hydrogen (secondary N) is 2. The van der Waals surface area contributed by atoms with Gasteiger partial charge in [-0.25, -0.2) is 4.99 Å². The third-order valence-electron chi connectivity index (χ3n) is 7.20. The van der Waals surface area contributed by atoms with Crippen LogP contribution in [0.2, 0.25) is 0 Å². The maximum atomic E-state index is 4.62. The van der Waals surface area contributed by atoms with Gasteiger partial charge in [-0.05, 0) is 68.2 Å². The molecule has 0 unspecified atom stereocenters. The number of H-pyrrole nitrogens is 1. The van der Waals surface area contributed by atoms with Gasteiger partial charge in [0.15, 0.2) is 6.34 Å². The fraction of sp³-hybridized carbons (Fsp3) is 0.440. The van der Waals surface area contributed by atoms with Crippen LogP contribution in [-0.4, -0.2) is 45.9 Å². The molecule has 1 aliphatic carbocycles. The average Bonchev–Trinajstić information content (AvgIpc) is 3.43. The van der Waals surface area contributed by atoms with Crippen molar-refractivity contribution >= 4 is 23.6 Å². The topological polar surface area (TPSA) is 46.4 Å². The minimum absolute atomic E-state index is 0.683. The van der Waals surface area contributed by atoms with Gasteiger partial charge in [-0.2, -0.15) is 0 Å². The van der Waals surface area contributed by atoms with Crippen LogP contribution in [0.3, 0.4) is 0 Å². The first-order valence-electron chi connectivity index (χ1n) is 11.5. The second-order valence-corrected chi connectivity index (χ2v) is 9.10. The number of aromatic nitrogens is 1. The van der Waals surface area contributed by atoms with Crippen molar-refractivity contribution in [1.29, 1.82) is 0 Å². The van der Waals surface area contributed by atoms with E-state index < -0.39 is 0 Å². The Bertz CT molecular complexity index is 1020. The smallest absolute Gasteiger partial charge is 0.255 e. The van der Waals surface area contributed by atoms with Crippen molar-refractivity contribution in [2.75, 3.05) is 13.1 Å². The van der Waals surface area contributed by atoms with E-state index in [4.69, 9.17) is 0 Å². The Morgan fingerprint density at radius 3 is 2.83 bits per heavy atom. The van der Waals surface area contributed by atoms with E-state index in [2.05, 4.69) is 61.4 Å². The van der Waals surface area contributed by atoms with Crippen molar-refractivity contribution in [3.05, 3.63) is 59.3 Å². The van der Waals surface area contributed by atoms with Gasteiger partial charge in [-0.3, -0.25) is 0 Å². The van der Waals surface area contributed by atoms with E-state index in [1.54, 1.807) is 11.3 Å². The first-order valence-corrected chi connectivity index (χ1v) is 11.5. The molecule has 5 nitrogen and oxygen atoms in total. The van der Waals surface area contributed by atoms with Crippen LogP contribution >= 0.6 is 0 Å². The molecule has 1 aromatic carbocycles. The van der Waals surface area contributed by atoms with Gasteiger partial charge in [0, 0.05) is 17.8 Å². The van der Waals surface area contributed by atoms with Gasteiger partial charge in [-0.15, -0.1) is 5.01 Å². The highest BCUT2D eigenvalue weighted by molar-refractivity contribution is 5.97. The Kier molecular flexibility index (Phi) is 4.56. The summed E-state index contributed by atoms with van der Waals surface area (Å²) in [5.41, 5.74) is 7.33. The molecule has 2 N–H and O–H groups in total. The highest BCUT2D eigenvalue weighted by Crippen LogP contribution is 2.44. The van der Waals surface area contributed by atoms with E-state index in [-0.39, 0.29) is 0 Å². The van der Waals surface area contributed by atoms with Crippen molar-refractivity contribution in [2.45, 2.75) is 51.0 Å². The normalized spacial score (nSPS) is 24.6. The largest absolute Gasteiger partial charge is 0.346 e. The van der Waals surface area contributed by atoms with Crippen LogP contribution in [-0.2, 0) is 6.42 Å². The van der Waals surface area contributed by atoms with E-state index in [0.717, 1.165) is 25.3 Å². The molecule has 1 saturated carbocycles. The number of hydrazone groups is 1. The summed E-state index contributed by atoms with van der Waals surface area (Å²) in [4.78, 5) is 7.91. The molecule has 3 aliphatic heterocycles. The monoisotopic (exact) mass is 400 g/mol. The number of hydrogen-bond acceptors (Lipinski definition) is 3. The molecular weight excluding hydrogens is 370 g/mol. The number of benzene rings is 1. The molecule has 0 bridgehead atoms. The molecule has 30 heavy (non-hydrogen) atoms. The number of nitrogens with zero attached hydrogens (tertiary/aromatic N) is 3. The van der Waals surface area contributed by atoms with Crippen molar-refractivity contribution < 1.29 is 4.68 Å². The lowest BCUT2D eigenvalue weighted by atomic mass is 9.78. The van der Waals surface area contributed by atoms with Crippen molar-refractivity contribution in [2.24, 2.45) is 10.9 Å². The van der Waals surface area contributed by atoms with Crippen molar-refractivity contribution in [1.82, 2.24) is 15.3 Å². The number of rotatable bonds is 6. The summed E-state index contributed by atoms with van der Waals surface area (Å²) in [6.07, 6.45) is 12.8. The Labute approximate surface area is 178 Å². The van der Waals surface area contributed by atoms with Gasteiger partial charge in [0.25, 0.3) is 12.3 Å². The Morgan fingerprint density at radius 1 is 1.10 bits per heavy atom. The third kappa shape index (κ3) is 3.31. The Morgan fingerprint density at radius 2 is 1.97 bits per heavy atom. The number of hydrazine groups is 1. The Hall–Kier alpha value is -2.66.